The molecule has 0 atom stereocenters. The summed E-state index contributed by atoms with van der Waals surface area (Å²) in [6, 6.07) is 0.424. The zero-order valence-corrected chi connectivity index (χ0v) is 11.0. The standard InChI is InChI=1S/C12H22BrNO/c13-10-12(15)14-11-8-6-4-2-1-3-5-7-9-11/h11H,1-10H2,(H,14,15). The van der Waals surface area contributed by atoms with Gasteiger partial charge in [0.2, 0.25) is 5.91 Å². The van der Waals surface area contributed by atoms with Gasteiger partial charge in [-0.2, -0.15) is 0 Å². The van der Waals surface area contributed by atoms with Crippen LogP contribution in [-0.2, 0) is 4.79 Å². The van der Waals surface area contributed by atoms with E-state index in [0.29, 0.717) is 11.4 Å². The summed E-state index contributed by atoms with van der Waals surface area (Å²) in [6.07, 6.45) is 11.7. The van der Waals surface area contributed by atoms with Gasteiger partial charge in [0.15, 0.2) is 0 Å². The fourth-order valence-electron chi connectivity index (χ4n) is 2.22. The number of nitrogens with one attached hydrogen (secondary N) is 1. The highest BCUT2D eigenvalue weighted by atomic mass is 79.9. The van der Waals surface area contributed by atoms with Gasteiger partial charge >= 0.3 is 0 Å². The highest BCUT2D eigenvalue weighted by Gasteiger charge is 2.11. The number of carbonyl (C=O) groups excluding carboxylic acids is 1. The SMILES string of the molecule is O=C(CBr)NC1CCCCCCCCC1. The lowest BCUT2D eigenvalue weighted by Gasteiger charge is -2.19. The minimum absolute atomic E-state index is 0.136. The monoisotopic (exact) mass is 275 g/mol. The number of carbonyl (C=O) groups is 1. The van der Waals surface area contributed by atoms with Gasteiger partial charge in [0.25, 0.3) is 0 Å². The third-order valence-electron chi connectivity index (χ3n) is 3.09. The first-order valence-corrected chi connectivity index (χ1v) is 7.30. The maximum absolute atomic E-state index is 11.3. The minimum atomic E-state index is 0.136. The molecule has 1 fully saturated rings. The molecule has 0 saturated heterocycles. The molecular formula is C12H22BrNO. The average Bonchev–Trinajstić information content (AvgIpc) is 2.27. The van der Waals surface area contributed by atoms with Crippen molar-refractivity contribution in [1.82, 2.24) is 5.32 Å². The summed E-state index contributed by atoms with van der Waals surface area (Å²) in [5.74, 6) is 0.136. The second-order valence-electron chi connectivity index (χ2n) is 4.45. The van der Waals surface area contributed by atoms with E-state index in [1.807, 2.05) is 0 Å². The summed E-state index contributed by atoms with van der Waals surface area (Å²) in [5.41, 5.74) is 0. The van der Waals surface area contributed by atoms with Gasteiger partial charge in [-0.1, -0.05) is 60.9 Å². The molecule has 15 heavy (non-hydrogen) atoms. The van der Waals surface area contributed by atoms with Crippen LogP contribution in [0.4, 0.5) is 0 Å². The number of hydrogen-bond acceptors (Lipinski definition) is 1. The molecule has 0 bridgehead atoms. The third kappa shape index (κ3) is 6.18. The molecule has 88 valence electrons. The van der Waals surface area contributed by atoms with E-state index in [0.717, 1.165) is 0 Å². The van der Waals surface area contributed by atoms with E-state index in [1.165, 1.54) is 57.8 Å². The predicted octanol–water partition coefficient (Wildman–Crippen LogP) is 3.39. The second-order valence-corrected chi connectivity index (χ2v) is 5.01. The lowest BCUT2D eigenvalue weighted by atomic mass is 9.97. The largest absolute Gasteiger partial charge is 0.353 e. The maximum Gasteiger partial charge on any atom is 0.230 e. The van der Waals surface area contributed by atoms with Crippen LogP contribution in [0.25, 0.3) is 0 Å². The first-order valence-electron chi connectivity index (χ1n) is 6.18. The van der Waals surface area contributed by atoms with Crippen molar-refractivity contribution in [3.8, 4) is 0 Å². The van der Waals surface area contributed by atoms with Crippen LogP contribution < -0.4 is 5.32 Å². The Kier molecular flexibility index (Phi) is 7.07. The predicted molar refractivity (Wildman–Crippen MR) is 67.3 cm³/mol. The summed E-state index contributed by atoms with van der Waals surface area (Å²) in [6.45, 7) is 0. The molecule has 1 aliphatic carbocycles. The molecule has 1 aliphatic rings. The summed E-state index contributed by atoms with van der Waals surface area (Å²) in [7, 11) is 0. The van der Waals surface area contributed by atoms with Gasteiger partial charge in [-0.3, -0.25) is 4.79 Å². The number of hydrogen-bond donors (Lipinski definition) is 1. The molecule has 0 aliphatic heterocycles. The number of amides is 1. The molecule has 1 amide bonds. The topological polar surface area (TPSA) is 29.1 Å². The lowest BCUT2D eigenvalue weighted by molar-refractivity contribution is -0.119. The van der Waals surface area contributed by atoms with Crippen LogP contribution in [0.1, 0.15) is 57.8 Å². The fourth-order valence-corrected chi connectivity index (χ4v) is 2.38. The van der Waals surface area contributed by atoms with Crippen LogP contribution in [0.2, 0.25) is 0 Å². The van der Waals surface area contributed by atoms with Crippen molar-refractivity contribution in [3.63, 3.8) is 0 Å². The van der Waals surface area contributed by atoms with Gasteiger partial charge in [0.05, 0.1) is 5.33 Å². The van der Waals surface area contributed by atoms with Gasteiger partial charge in [-0.05, 0) is 12.8 Å². The number of alkyl halides is 1. The van der Waals surface area contributed by atoms with Crippen LogP contribution in [-0.4, -0.2) is 17.3 Å². The summed E-state index contributed by atoms with van der Waals surface area (Å²) in [5, 5.41) is 3.53. The van der Waals surface area contributed by atoms with Crippen LogP contribution >= 0.6 is 15.9 Å². The molecule has 1 N–H and O–H groups in total. The second kappa shape index (κ2) is 8.14. The van der Waals surface area contributed by atoms with Gasteiger partial charge in [-0.15, -0.1) is 0 Å². The van der Waals surface area contributed by atoms with Crippen molar-refractivity contribution in [3.05, 3.63) is 0 Å². The molecule has 0 aromatic heterocycles. The molecule has 0 spiro atoms. The molecule has 0 aromatic rings. The molecular weight excluding hydrogens is 254 g/mol. The lowest BCUT2D eigenvalue weighted by Crippen LogP contribution is -2.35. The molecule has 3 heteroatoms. The molecule has 1 rings (SSSR count). The first-order chi connectivity index (χ1) is 7.33. The van der Waals surface area contributed by atoms with E-state index >= 15 is 0 Å². The van der Waals surface area contributed by atoms with E-state index in [-0.39, 0.29) is 5.91 Å². The normalized spacial score (nSPS) is 20.9. The minimum Gasteiger partial charge on any atom is -0.353 e. The van der Waals surface area contributed by atoms with Gasteiger partial charge < -0.3 is 5.32 Å². The smallest absolute Gasteiger partial charge is 0.230 e. The Labute approximate surface area is 101 Å². The van der Waals surface area contributed by atoms with E-state index in [1.54, 1.807) is 0 Å². The Balaban J connectivity index is 2.28. The average molecular weight is 276 g/mol. The van der Waals surface area contributed by atoms with Crippen molar-refractivity contribution in [2.45, 2.75) is 63.8 Å². The van der Waals surface area contributed by atoms with Crippen LogP contribution in [0.5, 0.6) is 0 Å². The maximum atomic E-state index is 11.3. The Bertz CT molecular complexity index is 174. The fraction of sp³-hybridized carbons (Fsp3) is 0.917. The van der Waals surface area contributed by atoms with Crippen LogP contribution in [0.3, 0.4) is 0 Å². The van der Waals surface area contributed by atoms with E-state index in [9.17, 15) is 4.79 Å². The zero-order chi connectivity index (χ0) is 10.9. The Hall–Kier alpha value is -0.0500. The molecule has 0 unspecified atom stereocenters. The molecule has 1 saturated carbocycles. The van der Waals surface area contributed by atoms with E-state index in [4.69, 9.17) is 0 Å². The van der Waals surface area contributed by atoms with Gasteiger partial charge in [0.1, 0.15) is 0 Å². The molecule has 0 aromatic carbocycles. The third-order valence-corrected chi connectivity index (χ3v) is 3.60. The van der Waals surface area contributed by atoms with Crippen LogP contribution in [0, 0.1) is 0 Å². The van der Waals surface area contributed by atoms with E-state index in [2.05, 4.69) is 21.2 Å². The van der Waals surface area contributed by atoms with Gasteiger partial charge in [0, 0.05) is 6.04 Å². The van der Waals surface area contributed by atoms with Gasteiger partial charge in [-0.25, -0.2) is 0 Å². The first kappa shape index (κ1) is 13.0. The van der Waals surface area contributed by atoms with Crippen molar-refractivity contribution in [1.29, 1.82) is 0 Å². The Morgan fingerprint density at radius 1 is 1.00 bits per heavy atom. The van der Waals surface area contributed by atoms with Crippen molar-refractivity contribution in [2.24, 2.45) is 0 Å². The van der Waals surface area contributed by atoms with E-state index < -0.39 is 0 Å². The van der Waals surface area contributed by atoms with Crippen molar-refractivity contribution in [2.75, 3.05) is 5.33 Å². The summed E-state index contributed by atoms with van der Waals surface area (Å²) in [4.78, 5) is 11.3. The molecule has 0 radical (unpaired) electrons. The Morgan fingerprint density at radius 3 is 1.93 bits per heavy atom. The highest BCUT2D eigenvalue weighted by Crippen LogP contribution is 2.16. The van der Waals surface area contributed by atoms with Crippen molar-refractivity contribution >= 4 is 21.8 Å². The quantitative estimate of drug-likeness (QED) is 0.769. The number of halogens is 1. The van der Waals surface area contributed by atoms with Crippen molar-refractivity contribution < 1.29 is 4.79 Å². The molecule has 0 heterocycles. The highest BCUT2D eigenvalue weighted by molar-refractivity contribution is 9.09. The Morgan fingerprint density at radius 2 is 1.47 bits per heavy atom. The number of rotatable bonds is 2. The zero-order valence-electron chi connectivity index (χ0n) is 9.43. The summed E-state index contributed by atoms with van der Waals surface area (Å²) >= 11 is 3.19. The molecule has 2 nitrogen and oxygen atoms in total. The summed E-state index contributed by atoms with van der Waals surface area (Å²) < 4.78 is 0. The van der Waals surface area contributed by atoms with Crippen LogP contribution in [0.15, 0.2) is 0 Å².